The van der Waals surface area contributed by atoms with Crippen molar-refractivity contribution in [3.05, 3.63) is 59.8 Å². The SMILES string of the molecule is Cc1ccnc(NC(=O)CN(C)C(=O)C2CCCN2C(=O)Cc2ccccc2)c1. The Hall–Kier alpha value is -3.22. The Balaban J connectivity index is 1.57. The summed E-state index contributed by atoms with van der Waals surface area (Å²) in [6.07, 6.45) is 3.29. The first-order chi connectivity index (χ1) is 13.9. The van der Waals surface area contributed by atoms with Crippen molar-refractivity contribution in [1.82, 2.24) is 14.8 Å². The van der Waals surface area contributed by atoms with Gasteiger partial charge >= 0.3 is 0 Å². The van der Waals surface area contributed by atoms with E-state index in [9.17, 15) is 14.4 Å². The number of anilines is 1. The van der Waals surface area contributed by atoms with E-state index in [1.54, 1.807) is 24.2 Å². The van der Waals surface area contributed by atoms with Crippen molar-refractivity contribution in [2.24, 2.45) is 0 Å². The number of pyridine rings is 1. The monoisotopic (exact) mass is 394 g/mol. The summed E-state index contributed by atoms with van der Waals surface area (Å²) in [6.45, 7) is 2.38. The van der Waals surface area contributed by atoms with E-state index >= 15 is 0 Å². The average Bonchev–Trinajstić information content (AvgIpc) is 3.18. The van der Waals surface area contributed by atoms with Crippen LogP contribution in [0, 0.1) is 6.92 Å². The van der Waals surface area contributed by atoms with Crippen molar-refractivity contribution in [2.75, 3.05) is 25.5 Å². The van der Waals surface area contributed by atoms with Crippen molar-refractivity contribution in [3.8, 4) is 0 Å². The molecule has 152 valence electrons. The van der Waals surface area contributed by atoms with Gasteiger partial charge in [0.1, 0.15) is 11.9 Å². The van der Waals surface area contributed by atoms with E-state index in [0.717, 1.165) is 17.5 Å². The third-order valence-electron chi connectivity index (χ3n) is 5.00. The van der Waals surface area contributed by atoms with Crippen LogP contribution < -0.4 is 5.32 Å². The van der Waals surface area contributed by atoms with Crippen LogP contribution in [-0.4, -0.2) is 58.7 Å². The van der Waals surface area contributed by atoms with Crippen molar-refractivity contribution in [2.45, 2.75) is 32.2 Å². The second-order valence-corrected chi connectivity index (χ2v) is 7.37. The number of benzene rings is 1. The minimum atomic E-state index is -0.513. The van der Waals surface area contributed by atoms with E-state index in [2.05, 4.69) is 10.3 Å². The molecule has 29 heavy (non-hydrogen) atoms. The average molecular weight is 394 g/mol. The van der Waals surface area contributed by atoms with Crippen LogP contribution in [0.15, 0.2) is 48.7 Å². The topological polar surface area (TPSA) is 82.6 Å². The molecule has 1 aliphatic heterocycles. The van der Waals surface area contributed by atoms with Crippen LogP contribution in [-0.2, 0) is 20.8 Å². The van der Waals surface area contributed by atoms with E-state index in [1.807, 2.05) is 43.3 Å². The minimum absolute atomic E-state index is 0.0612. The molecule has 1 fully saturated rings. The summed E-state index contributed by atoms with van der Waals surface area (Å²) < 4.78 is 0. The highest BCUT2D eigenvalue weighted by Crippen LogP contribution is 2.20. The fourth-order valence-corrected chi connectivity index (χ4v) is 3.53. The maximum atomic E-state index is 12.9. The minimum Gasteiger partial charge on any atom is -0.335 e. The number of nitrogens with zero attached hydrogens (tertiary/aromatic N) is 3. The summed E-state index contributed by atoms with van der Waals surface area (Å²) >= 11 is 0. The number of hydrogen-bond donors (Lipinski definition) is 1. The summed E-state index contributed by atoms with van der Waals surface area (Å²) in [4.78, 5) is 45.0. The Morgan fingerprint density at radius 1 is 1.21 bits per heavy atom. The van der Waals surface area contributed by atoms with Gasteiger partial charge in [-0.25, -0.2) is 4.98 Å². The second kappa shape index (κ2) is 9.32. The molecule has 3 amide bonds. The van der Waals surface area contributed by atoms with Crippen LogP contribution in [0.3, 0.4) is 0 Å². The van der Waals surface area contributed by atoms with Gasteiger partial charge in [0.25, 0.3) is 0 Å². The molecule has 1 saturated heterocycles. The van der Waals surface area contributed by atoms with Gasteiger partial charge in [-0.2, -0.15) is 0 Å². The van der Waals surface area contributed by atoms with Gasteiger partial charge in [0.2, 0.25) is 17.7 Å². The molecule has 1 N–H and O–H groups in total. The number of aryl methyl sites for hydroxylation is 1. The summed E-state index contributed by atoms with van der Waals surface area (Å²) in [5.74, 6) is -0.138. The van der Waals surface area contributed by atoms with Crippen molar-refractivity contribution >= 4 is 23.5 Å². The molecule has 7 heteroatoms. The Morgan fingerprint density at radius 2 is 1.97 bits per heavy atom. The molecule has 0 spiro atoms. The maximum Gasteiger partial charge on any atom is 0.245 e. The zero-order valence-corrected chi connectivity index (χ0v) is 16.8. The molecular weight excluding hydrogens is 368 g/mol. The van der Waals surface area contributed by atoms with Crippen LogP contribution >= 0.6 is 0 Å². The van der Waals surface area contributed by atoms with E-state index in [1.165, 1.54) is 4.90 Å². The second-order valence-electron chi connectivity index (χ2n) is 7.37. The number of amides is 3. The Morgan fingerprint density at radius 3 is 2.69 bits per heavy atom. The highest BCUT2D eigenvalue weighted by molar-refractivity contribution is 5.95. The first-order valence-corrected chi connectivity index (χ1v) is 9.75. The molecule has 1 aliphatic rings. The molecule has 1 aromatic carbocycles. The smallest absolute Gasteiger partial charge is 0.245 e. The number of likely N-dealkylation sites (tertiary alicyclic amines) is 1. The lowest BCUT2D eigenvalue weighted by Crippen LogP contribution is -2.48. The predicted molar refractivity (Wildman–Crippen MR) is 110 cm³/mol. The number of carbonyl (C=O) groups is 3. The molecular formula is C22H26N4O3. The zero-order valence-electron chi connectivity index (χ0n) is 16.8. The third-order valence-corrected chi connectivity index (χ3v) is 5.00. The molecule has 2 aromatic rings. The number of rotatable bonds is 6. The van der Waals surface area contributed by atoms with Gasteiger partial charge in [-0.3, -0.25) is 14.4 Å². The van der Waals surface area contributed by atoms with Gasteiger partial charge in [-0.05, 0) is 43.0 Å². The zero-order chi connectivity index (χ0) is 20.8. The fourth-order valence-electron chi connectivity index (χ4n) is 3.53. The molecule has 0 aliphatic carbocycles. The molecule has 1 unspecified atom stereocenters. The van der Waals surface area contributed by atoms with Crippen LogP contribution in [0.2, 0.25) is 0 Å². The van der Waals surface area contributed by atoms with E-state index in [0.29, 0.717) is 18.8 Å². The van der Waals surface area contributed by atoms with Gasteiger partial charge in [0.15, 0.2) is 0 Å². The highest BCUT2D eigenvalue weighted by atomic mass is 16.2. The molecule has 3 rings (SSSR count). The fraction of sp³-hybridized carbons (Fsp3) is 0.364. The Labute approximate surface area is 170 Å². The lowest BCUT2D eigenvalue weighted by Gasteiger charge is -2.28. The maximum absolute atomic E-state index is 12.9. The van der Waals surface area contributed by atoms with Crippen LogP contribution in [0.25, 0.3) is 0 Å². The van der Waals surface area contributed by atoms with Gasteiger partial charge in [0, 0.05) is 19.8 Å². The van der Waals surface area contributed by atoms with Crippen molar-refractivity contribution in [1.29, 1.82) is 0 Å². The summed E-state index contributed by atoms with van der Waals surface area (Å²) in [7, 11) is 1.59. The van der Waals surface area contributed by atoms with Crippen molar-refractivity contribution in [3.63, 3.8) is 0 Å². The van der Waals surface area contributed by atoms with Crippen molar-refractivity contribution < 1.29 is 14.4 Å². The molecule has 1 atom stereocenters. The van der Waals surface area contributed by atoms with Crippen LogP contribution in [0.5, 0.6) is 0 Å². The van der Waals surface area contributed by atoms with E-state index in [-0.39, 0.29) is 30.7 Å². The van der Waals surface area contributed by atoms with Gasteiger partial charge in [-0.15, -0.1) is 0 Å². The largest absolute Gasteiger partial charge is 0.335 e. The lowest BCUT2D eigenvalue weighted by molar-refractivity contribution is -0.143. The summed E-state index contributed by atoms with van der Waals surface area (Å²) in [6, 6.07) is 12.6. The molecule has 0 bridgehead atoms. The molecule has 0 radical (unpaired) electrons. The first-order valence-electron chi connectivity index (χ1n) is 9.75. The normalized spacial score (nSPS) is 15.8. The molecule has 0 saturated carbocycles. The number of carbonyl (C=O) groups excluding carboxylic acids is 3. The Kier molecular flexibility index (Phi) is 6.59. The number of aromatic nitrogens is 1. The van der Waals surface area contributed by atoms with Gasteiger partial charge < -0.3 is 15.1 Å². The van der Waals surface area contributed by atoms with Crippen LogP contribution in [0.1, 0.15) is 24.0 Å². The summed E-state index contributed by atoms with van der Waals surface area (Å²) in [5, 5.41) is 2.70. The Bertz CT molecular complexity index is 885. The number of hydrogen-bond acceptors (Lipinski definition) is 4. The third kappa shape index (κ3) is 5.40. The summed E-state index contributed by atoms with van der Waals surface area (Å²) in [5.41, 5.74) is 1.91. The number of likely N-dealkylation sites (N-methyl/N-ethyl adjacent to an activating group) is 1. The highest BCUT2D eigenvalue weighted by Gasteiger charge is 2.35. The van der Waals surface area contributed by atoms with E-state index in [4.69, 9.17) is 0 Å². The number of nitrogens with one attached hydrogen (secondary N) is 1. The van der Waals surface area contributed by atoms with E-state index < -0.39 is 6.04 Å². The predicted octanol–water partition coefficient (Wildman–Crippen LogP) is 2.02. The quantitative estimate of drug-likeness (QED) is 0.813. The standard InChI is InChI=1S/C22H26N4O3/c1-16-10-11-23-19(13-16)24-20(27)15-25(2)22(29)18-9-6-12-26(18)21(28)14-17-7-4-3-5-8-17/h3-5,7-8,10-11,13,18H,6,9,12,14-15H2,1-2H3,(H,23,24,27). The lowest BCUT2D eigenvalue weighted by atomic mass is 10.1. The van der Waals surface area contributed by atoms with Gasteiger partial charge in [-0.1, -0.05) is 30.3 Å². The molecule has 7 nitrogen and oxygen atoms in total. The van der Waals surface area contributed by atoms with Gasteiger partial charge in [0.05, 0.1) is 13.0 Å². The first kappa shape index (κ1) is 20.5. The van der Waals surface area contributed by atoms with Crippen LogP contribution in [0.4, 0.5) is 5.82 Å². The molecule has 2 heterocycles. The molecule has 1 aromatic heterocycles.